The first-order valence-corrected chi connectivity index (χ1v) is 5.37. The molecule has 1 atom stereocenters. The largest absolute Gasteiger partial charge is 0.323 e. The van der Waals surface area contributed by atoms with Crippen LogP contribution in [0.25, 0.3) is 0 Å². The molecule has 1 aliphatic carbocycles. The first-order valence-electron chi connectivity index (χ1n) is 4.55. The number of rotatable bonds is 1. The maximum absolute atomic E-state index is 5.98. The molecular weight excluding hydrogens is 168 g/mol. The topological polar surface area (TPSA) is 38.9 Å². The Morgan fingerprint density at radius 1 is 1.67 bits per heavy atom. The number of hydrogen-bond acceptors (Lipinski definition) is 3. The van der Waals surface area contributed by atoms with Gasteiger partial charge in [0.25, 0.3) is 0 Å². The lowest BCUT2D eigenvalue weighted by Gasteiger charge is -2.15. The number of aromatic nitrogens is 1. The molecule has 12 heavy (non-hydrogen) atoms. The van der Waals surface area contributed by atoms with Gasteiger partial charge in [0.2, 0.25) is 0 Å². The van der Waals surface area contributed by atoms with E-state index in [4.69, 9.17) is 5.73 Å². The van der Waals surface area contributed by atoms with Crippen LogP contribution in [-0.2, 0) is 12.8 Å². The monoisotopic (exact) mass is 182 g/mol. The van der Waals surface area contributed by atoms with Gasteiger partial charge >= 0.3 is 0 Å². The van der Waals surface area contributed by atoms with Gasteiger partial charge in [0.1, 0.15) is 0 Å². The van der Waals surface area contributed by atoms with Gasteiger partial charge in [-0.2, -0.15) is 0 Å². The van der Waals surface area contributed by atoms with Gasteiger partial charge in [-0.25, -0.2) is 4.98 Å². The fourth-order valence-corrected chi connectivity index (χ4v) is 2.74. The normalized spacial score (nSPS) is 22.3. The smallest absolute Gasteiger partial charge is 0.0928 e. The second-order valence-corrected chi connectivity index (χ2v) is 4.39. The second kappa shape index (κ2) is 3.15. The van der Waals surface area contributed by atoms with Crippen molar-refractivity contribution in [3.63, 3.8) is 0 Å². The molecule has 2 N–H and O–H groups in total. The molecule has 0 saturated carbocycles. The van der Waals surface area contributed by atoms with E-state index in [2.05, 4.69) is 11.9 Å². The predicted molar refractivity (Wildman–Crippen MR) is 51.4 cm³/mol. The van der Waals surface area contributed by atoms with Crippen molar-refractivity contribution in [2.45, 2.75) is 38.6 Å². The lowest BCUT2D eigenvalue weighted by molar-refractivity contribution is 0.573. The molecule has 0 aromatic carbocycles. The molecule has 1 heterocycles. The van der Waals surface area contributed by atoms with Crippen LogP contribution in [-0.4, -0.2) is 4.98 Å². The van der Waals surface area contributed by atoms with Crippen molar-refractivity contribution in [1.29, 1.82) is 0 Å². The fraction of sp³-hybridized carbons (Fsp3) is 0.667. The number of aryl methyl sites for hydroxylation is 2. The van der Waals surface area contributed by atoms with Crippen LogP contribution in [0.4, 0.5) is 0 Å². The minimum absolute atomic E-state index is 0.270. The van der Waals surface area contributed by atoms with E-state index in [1.165, 1.54) is 22.0 Å². The summed E-state index contributed by atoms with van der Waals surface area (Å²) in [6.07, 6.45) is 4.53. The summed E-state index contributed by atoms with van der Waals surface area (Å²) in [5, 5.41) is 1.25. The molecule has 0 fully saturated rings. The molecule has 1 aromatic rings. The first kappa shape index (κ1) is 8.20. The minimum atomic E-state index is 0.270. The van der Waals surface area contributed by atoms with Crippen LogP contribution in [0.15, 0.2) is 0 Å². The predicted octanol–water partition coefficient (Wildman–Crippen LogP) is 2.04. The quantitative estimate of drug-likeness (QED) is 0.722. The Morgan fingerprint density at radius 3 is 3.17 bits per heavy atom. The lowest BCUT2D eigenvalue weighted by atomic mass is 9.99. The Balaban J connectivity index is 2.37. The average molecular weight is 182 g/mol. The molecular formula is C9H14N2S. The third-order valence-electron chi connectivity index (χ3n) is 2.34. The molecule has 2 nitrogen and oxygen atoms in total. The van der Waals surface area contributed by atoms with Gasteiger partial charge in [0.15, 0.2) is 0 Å². The number of nitrogens with two attached hydrogens (primary N) is 1. The fourth-order valence-electron chi connectivity index (χ4n) is 1.65. The molecule has 1 aliphatic rings. The molecule has 3 heteroatoms. The van der Waals surface area contributed by atoms with E-state index >= 15 is 0 Å². The maximum Gasteiger partial charge on any atom is 0.0928 e. The molecule has 1 aromatic heterocycles. The Labute approximate surface area is 76.8 Å². The Kier molecular flexibility index (Phi) is 2.15. The molecule has 0 amide bonds. The first-order chi connectivity index (χ1) is 5.81. The third-order valence-corrected chi connectivity index (χ3v) is 3.71. The molecule has 0 bridgehead atoms. The molecule has 1 unspecified atom stereocenters. The Hall–Kier alpha value is -0.410. The van der Waals surface area contributed by atoms with E-state index < -0.39 is 0 Å². The van der Waals surface area contributed by atoms with Gasteiger partial charge in [-0.1, -0.05) is 6.92 Å². The van der Waals surface area contributed by atoms with Crippen molar-refractivity contribution in [2.24, 2.45) is 5.73 Å². The molecule has 2 rings (SSSR count). The van der Waals surface area contributed by atoms with Crippen LogP contribution < -0.4 is 5.73 Å². The van der Waals surface area contributed by atoms with Crippen LogP contribution in [0.1, 0.15) is 41.4 Å². The number of nitrogens with zero attached hydrogens (tertiary/aromatic N) is 1. The zero-order valence-electron chi connectivity index (χ0n) is 7.34. The SMILES string of the molecule is CCc1nc2c(s1)C(N)CCC2. The van der Waals surface area contributed by atoms with E-state index in [0.29, 0.717) is 0 Å². The van der Waals surface area contributed by atoms with E-state index in [-0.39, 0.29) is 6.04 Å². The molecule has 0 saturated heterocycles. The van der Waals surface area contributed by atoms with Gasteiger partial charge in [-0.05, 0) is 25.7 Å². The van der Waals surface area contributed by atoms with E-state index in [1.807, 2.05) is 11.3 Å². The van der Waals surface area contributed by atoms with Crippen molar-refractivity contribution in [3.05, 3.63) is 15.6 Å². The van der Waals surface area contributed by atoms with Crippen LogP contribution in [0, 0.1) is 0 Å². The number of thiazole rings is 1. The Morgan fingerprint density at radius 2 is 2.50 bits per heavy atom. The van der Waals surface area contributed by atoms with Gasteiger partial charge < -0.3 is 5.73 Å². The van der Waals surface area contributed by atoms with Gasteiger partial charge in [-0.15, -0.1) is 11.3 Å². The maximum atomic E-state index is 5.98. The summed E-state index contributed by atoms with van der Waals surface area (Å²) >= 11 is 1.81. The van der Waals surface area contributed by atoms with Gasteiger partial charge in [0, 0.05) is 10.9 Å². The lowest BCUT2D eigenvalue weighted by Crippen LogP contribution is -2.15. The third kappa shape index (κ3) is 1.27. The highest BCUT2D eigenvalue weighted by Gasteiger charge is 2.20. The Bertz CT molecular complexity index is 280. The molecule has 66 valence electrons. The average Bonchev–Trinajstić information content (AvgIpc) is 2.49. The van der Waals surface area contributed by atoms with Crippen LogP contribution in [0.5, 0.6) is 0 Å². The highest BCUT2D eigenvalue weighted by Crippen LogP contribution is 2.32. The van der Waals surface area contributed by atoms with E-state index in [1.54, 1.807) is 0 Å². The number of hydrogen-bond donors (Lipinski definition) is 1. The summed E-state index contributed by atoms with van der Waals surface area (Å²) in [6, 6.07) is 0.270. The summed E-state index contributed by atoms with van der Waals surface area (Å²) < 4.78 is 0. The van der Waals surface area contributed by atoms with Crippen LogP contribution in [0.3, 0.4) is 0 Å². The zero-order valence-corrected chi connectivity index (χ0v) is 8.16. The van der Waals surface area contributed by atoms with Crippen molar-refractivity contribution in [2.75, 3.05) is 0 Å². The second-order valence-electron chi connectivity index (χ2n) is 3.27. The van der Waals surface area contributed by atoms with Crippen LogP contribution >= 0.6 is 11.3 Å². The highest BCUT2D eigenvalue weighted by atomic mass is 32.1. The standard InChI is InChI=1S/C9H14N2S/c1-2-8-11-7-5-3-4-6(10)9(7)12-8/h6H,2-5,10H2,1H3. The van der Waals surface area contributed by atoms with Crippen LogP contribution in [0.2, 0.25) is 0 Å². The van der Waals surface area contributed by atoms with Crippen molar-refractivity contribution in [3.8, 4) is 0 Å². The summed E-state index contributed by atoms with van der Waals surface area (Å²) in [7, 11) is 0. The number of fused-ring (bicyclic) bond motifs is 1. The minimum Gasteiger partial charge on any atom is -0.323 e. The molecule has 0 radical (unpaired) electrons. The van der Waals surface area contributed by atoms with Gasteiger partial charge in [-0.3, -0.25) is 0 Å². The van der Waals surface area contributed by atoms with E-state index in [9.17, 15) is 0 Å². The van der Waals surface area contributed by atoms with Crippen molar-refractivity contribution < 1.29 is 0 Å². The summed E-state index contributed by atoms with van der Waals surface area (Å²) in [5.74, 6) is 0. The summed E-state index contributed by atoms with van der Waals surface area (Å²) in [6.45, 7) is 2.15. The van der Waals surface area contributed by atoms with Crippen molar-refractivity contribution in [1.82, 2.24) is 4.98 Å². The summed E-state index contributed by atoms with van der Waals surface area (Å²) in [5.41, 5.74) is 7.26. The molecule has 0 aliphatic heterocycles. The zero-order chi connectivity index (χ0) is 8.55. The summed E-state index contributed by atoms with van der Waals surface area (Å²) in [4.78, 5) is 5.90. The van der Waals surface area contributed by atoms with Gasteiger partial charge in [0.05, 0.1) is 10.7 Å². The van der Waals surface area contributed by atoms with E-state index in [0.717, 1.165) is 19.3 Å². The molecule has 0 spiro atoms. The van der Waals surface area contributed by atoms with Crippen molar-refractivity contribution >= 4 is 11.3 Å². The highest BCUT2D eigenvalue weighted by molar-refractivity contribution is 7.11.